The minimum Gasteiger partial charge on any atom is -0.469 e. The molecule has 4 rings (SSSR count). The van der Waals surface area contributed by atoms with Crippen LogP contribution in [0.15, 0.2) is 34.9 Å². The Morgan fingerprint density at radius 1 is 1.15 bits per heavy atom. The summed E-state index contributed by atoms with van der Waals surface area (Å²) in [6.07, 6.45) is 1.45. The van der Waals surface area contributed by atoms with Gasteiger partial charge in [-0.15, -0.1) is 0 Å². The van der Waals surface area contributed by atoms with Crippen LogP contribution >= 0.6 is 0 Å². The van der Waals surface area contributed by atoms with Crippen LogP contribution < -0.4 is 25.2 Å². The second-order valence-corrected chi connectivity index (χ2v) is 6.28. The van der Waals surface area contributed by atoms with Crippen LogP contribution in [0.25, 0.3) is 0 Å². The minimum absolute atomic E-state index is 0.0564. The molecule has 0 saturated carbocycles. The SMILES string of the molecule is Cc1occc1C(=O)NNC(=O)C1CC(=O)N(c2ccc3c(c2)OCO3)C1. The van der Waals surface area contributed by atoms with Crippen LogP contribution in [0.5, 0.6) is 11.5 Å². The van der Waals surface area contributed by atoms with Gasteiger partial charge in [0.25, 0.3) is 5.91 Å². The summed E-state index contributed by atoms with van der Waals surface area (Å²) in [5.74, 6) is -0.0213. The first-order valence-electron chi connectivity index (χ1n) is 8.37. The molecule has 2 aromatic rings. The summed E-state index contributed by atoms with van der Waals surface area (Å²) in [6, 6.07) is 6.70. The Morgan fingerprint density at radius 3 is 2.74 bits per heavy atom. The molecular formula is C18H17N3O6. The van der Waals surface area contributed by atoms with E-state index in [1.165, 1.54) is 17.2 Å². The highest BCUT2D eigenvalue weighted by Crippen LogP contribution is 2.37. The lowest BCUT2D eigenvalue weighted by atomic mass is 10.1. The van der Waals surface area contributed by atoms with Gasteiger partial charge in [0.05, 0.1) is 17.7 Å². The number of anilines is 1. The zero-order valence-corrected chi connectivity index (χ0v) is 14.5. The average Bonchev–Trinajstić information content (AvgIpc) is 3.38. The number of rotatable bonds is 3. The van der Waals surface area contributed by atoms with E-state index in [1.807, 2.05) is 0 Å². The van der Waals surface area contributed by atoms with Gasteiger partial charge in [-0.2, -0.15) is 0 Å². The summed E-state index contributed by atoms with van der Waals surface area (Å²) < 4.78 is 15.6. The predicted octanol–water partition coefficient (Wildman–Crippen LogP) is 1.13. The molecule has 1 unspecified atom stereocenters. The van der Waals surface area contributed by atoms with Crippen molar-refractivity contribution in [1.29, 1.82) is 0 Å². The number of hydrogen-bond donors (Lipinski definition) is 2. The maximum Gasteiger partial charge on any atom is 0.273 e. The topological polar surface area (TPSA) is 110 Å². The lowest BCUT2D eigenvalue weighted by Gasteiger charge is -2.17. The normalized spacial score (nSPS) is 17.9. The minimum atomic E-state index is -0.575. The van der Waals surface area contributed by atoms with Gasteiger partial charge in [-0.25, -0.2) is 0 Å². The highest BCUT2D eigenvalue weighted by atomic mass is 16.7. The standard InChI is InChI=1S/C18H17N3O6/c1-10-13(4-5-25-10)18(24)20-19-17(23)11-6-16(22)21(8-11)12-2-3-14-15(7-12)27-9-26-14/h2-5,7,11H,6,8-9H2,1H3,(H,19,23)(H,20,24). The molecule has 2 N–H and O–H groups in total. The predicted molar refractivity (Wildman–Crippen MR) is 92.1 cm³/mol. The number of hydrogen-bond acceptors (Lipinski definition) is 6. The number of nitrogens with one attached hydrogen (secondary N) is 2. The van der Waals surface area contributed by atoms with E-state index in [9.17, 15) is 14.4 Å². The van der Waals surface area contributed by atoms with Gasteiger partial charge in [0.2, 0.25) is 18.6 Å². The highest BCUT2D eigenvalue weighted by Gasteiger charge is 2.36. The first-order chi connectivity index (χ1) is 13.0. The first kappa shape index (κ1) is 17.0. The smallest absolute Gasteiger partial charge is 0.273 e. The van der Waals surface area contributed by atoms with Gasteiger partial charge in [-0.05, 0) is 25.1 Å². The number of carbonyl (C=O) groups is 3. The van der Waals surface area contributed by atoms with Gasteiger partial charge in [0.1, 0.15) is 5.76 Å². The number of amides is 3. The number of ether oxygens (including phenoxy) is 2. The molecule has 1 saturated heterocycles. The molecule has 1 fully saturated rings. The summed E-state index contributed by atoms with van der Waals surface area (Å²) in [6.45, 7) is 2.01. The monoisotopic (exact) mass is 371 g/mol. The third kappa shape index (κ3) is 3.19. The number of benzene rings is 1. The molecule has 3 heterocycles. The molecule has 1 atom stereocenters. The van der Waals surface area contributed by atoms with Crippen molar-refractivity contribution in [2.75, 3.05) is 18.2 Å². The van der Waals surface area contributed by atoms with Crippen molar-refractivity contribution in [3.63, 3.8) is 0 Å². The number of hydrazine groups is 1. The maximum absolute atomic E-state index is 12.3. The second kappa shape index (κ2) is 6.67. The molecule has 27 heavy (non-hydrogen) atoms. The summed E-state index contributed by atoms with van der Waals surface area (Å²) in [5.41, 5.74) is 5.68. The van der Waals surface area contributed by atoms with E-state index in [0.29, 0.717) is 28.5 Å². The van der Waals surface area contributed by atoms with Crippen LogP contribution in [-0.4, -0.2) is 31.1 Å². The molecule has 0 spiro atoms. The molecule has 2 aliphatic rings. The Kier molecular flexibility index (Phi) is 4.19. The van der Waals surface area contributed by atoms with Crippen LogP contribution in [-0.2, 0) is 9.59 Å². The zero-order valence-electron chi connectivity index (χ0n) is 14.5. The average molecular weight is 371 g/mol. The number of carbonyl (C=O) groups excluding carboxylic acids is 3. The molecule has 140 valence electrons. The quantitative estimate of drug-likeness (QED) is 0.783. The van der Waals surface area contributed by atoms with Crippen LogP contribution in [0.3, 0.4) is 0 Å². The summed E-state index contributed by atoms with van der Waals surface area (Å²) in [4.78, 5) is 38.2. The van der Waals surface area contributed by atoms with Gasteiger partial charge in [-0.1, -0.05) is 0 Å². The van der Waals surface area contributed by atoms with Gasteiger partial charge >= 0.3 is 0 Å². The van der Waals surface area contributed by atoms with Crippen molar-refractivity contribution >= 4 is 23.4 Å². The zero-order chi connectivity index (χ0) is 19.0. The van der Waals surface area contributed by atoms with Crippen LogP contribution in [0.4, 0.5) is 5.69 Å². The number of aryl methyl sites for hydroxylation is 1. The molecule has 2 aliphatic heterocycles. The van der Waals surface area contributed by atoms with E-state index in [0.717, 1.165) is 0 Å². The lowest BCUT2D eigenvalue weighted by Crippen LogP contribution is -2.45. The third-order valence-corrected chi connectivity index (χ3v) is 4.57. The fraction of sp³-hybridized carbons (Fsp3) is 0.278. The third-order valence-electron chi connectivity index (χ3n) is 4.57. The largest absolute Gasteiger partial charge is 0.469 e. The van der Waals surface area contributed by atoms with E-state index in [4.69, 9.17) is 13.9 Å². The van der Waals surface area contributed by atoms with Crippen molar-refractivity contribution in [3.8, 4) is 11.5 Å². The first-order valence-corrected chi connectivity index (χ1v) is 8.37. The molecule has 9 nitrogen and oxygen atoms in total. The number of furan rings is 1. The van der Waals surface area contributed by atoms with Crippen molar-refractivity contribution in [1.82, 2.24) is 10.9 Å². The molecule has 9 heteroatoms. The molecule has 3 amide bonds. The fourth-order valence-electron chi connectivity index (χ4n) is 3.09. The summed E-state index contributed by atoms with van der Waals surface area (Å²) in [5, 5.41) is 0. The van der Waals surface area contributed by atoms with E-state index in [2.05, 4.69) is 10.9 Å². The van der Waals surface area contributed by atoms with E-state index in [1.54, 1.807) is 25.1 Å². The molecular weight excluding hydrogens is 354 g/mol. The Balaban J connectivity index is 1.38. The molecule has 1 aromatic carbocycles. The van der Waals surface area contributed by atoms with E-state index >= 15 is 0 Å². The summed E-state index contributed by atoms with van der Waals surface area (Å²) >= 11 is 0. The van der Waals surface area contributed by atoms with Crippen molar-refractivity contribution in [2.45, 2.75) is 13.3 Å². The van der Waals surface area contributed by atoms with Crippen molar-refractivity contribution in [3.05, 3.63) is 41.9 Å². The van der Waals surface area contributed by atoms with Gasteiger partial charge in [0, 0.05) is 24.7 Å². The Labute approximate surface area is 154 Å². The Bertz CT molecular complexity index is 922. The molecule has 1 aromatic heterocycles. The number of fused-ring (bicyclic) bond motifs is 1. The molecule has 0 aliphatic carbocycles. The van der Waals surface area contributed by atoms with Gasteiger partial charge < -0.3 is 18.8 Å². The Hall–Kier alpha value is -3.49. The van der Waals surface area contributed by atoms with Crippen molar-refractivity contribution < 1.29 is 28.3 Å². The fourth-order valence-corrected chi connectivity index (χ4v) is 3.09. The van der Waals surface area contributed by atoms with E-state index < -0.39 is 17.7 Å². The number of nitrogens with zero attached hydrogens (tertiary/aromatic N) is 1. The Morgan fingerprint density at radius 2 is 1.96 bits per heavy atom. The summed E-state index contributed by atoms with van der Waals surface area (Å²) in [7, 11) is 0. The van der Waals surface area contributed by atoms with Gasteiger partial charge in [-0.3, -0.25) is 25.2 Å². The van der Waals surface area contributed by atoms with Crippen LogP contribution in [0.2, 0.25) is 0 Å². The van der Waals surface area contributed by atoms with Crippen LogP contribution in [0.1, 0.15) is 22.5 Å². The van der Waals surface area contributed by atoms with Gasteiger partial charge in [0.15, 0.2) is 11.5 Å². The highest BCUT2D eigenvalue weighted by molar-refractivity contribution is 6.01. The van der Waals surface area contributed by atoms with Crippen molar-refractivity contribution in [2.24, 2.45) is 5.92 Å². The van der Waals surface area contributed by atoms with Crippen LogP contribution in [0, 0.1) is 12.8 Å². The second-order valence-electron chi connectivity index (χ2n) is 6.28. The maximum atomic E-state index is 12.3. The lowest BCUT2D eigenvalue weighted by molar-refractivity contribution is -0.126. The molecule has 0 radical (unpaired) electrons. The van der Waals surface area contributed by atoms with E-state index in [-0.39, 0.29) is 25.7 Å². The molecule has 0 bridgehead atoms.